The molecule has 5 N–H and O–H groups in total. The summed E-state index contributed by atoms with van der Waals surface area (Å²) in [4.78, 5) is 51.3. The van der Waals surface area contributed by atoms with Crippen LogP contribution in [0.3, 0.4) is 0 Å². The topological polar surface area (TPSA) is 195 Å². The van der Waals surface area contributed by atoms with Crippen LogP contribution in [0, 0.1) is 22.7 Å². The van der Waals surface area contributed by atoms with Crippen LogP contribution in [-0.2, 0) is 14.3 Å². The molecular formula is C42H54N8O6. The molecule has 2 saturated carbocycles. The Morgan fingerprint density at radius 1 is 1.18 bits per heavy atom. The third kappa shape index (κ3) is 7.84. The number of Topliss-reactive ketones (excluding diaryl/α,β-unsaturated/α-hetero) is 1. The van der Waals surface area contributed by atoms with Crippen LogP contribution in [0.15, 0.2) is 76.3 Å². The molecule has 1 saturated heterocycles. The number of ketones is 1. The van der Waals surface area contributed by atoms with Crippen LogP contribution < -0.4 is 15.5 Å². The first-order valence-corrected chi connectivity index (χ1v) is 19.8. The second-order valence-electron chi connectivity index (χ2n) is 16.5. The monoisotopic (exact) mass is 766 g/mol. The summed E-state index contributed by atoms with van der Waals surface area (Å²) in [5.74, 6) is 1.15. The average molecular weight is 767 g/mol. The fraction of sp³-hybridized carbons (Fsp3) is 0.548. The molecular weight excluding hydrogens is 713 g/mol. The van der Waals surface area contributed by atoms with Crippen molar-refractivity contribution in [2.45, 2.75) is 96.0 Å². The number of ether oxygens (including phenoxy) is 1. The Balaban J connectivity index is 1.19. The third-order valence-electron chi connectivity index (χ3n) is 13.1. The molecule has 7 rings (SSSR count). The fourth-order valence-corrected chi connectivity index (χ4v) is 9.75. The summed E-state index contributed by atoms with van der Waals surface area (Å²) in [6.07, 6.45) is 13.7. The highest BCUT2D eigenvalue weighted by molar-refractivity contribution is 6.07. The van der Waals surface area contributed by atoms with Gasteiger partial charge in [-0.15, -0.1) is 0 Å². The Morgan fingerprint density at radius 3 is 2.68 bits per heavy atom. The quantitative estimate of drug-likeness (QED) is 0.139. The predicted octanol–water partition coefficient (Wildman–Crippen LogP) is 3.67. The number of carbonyl (C=O) groups is 2. The lowest BCUT2D eigenvalue weighted by atomic mass is 9.45. The highest BCUT2D eigenvalue weighted by atomic mass is 16.5. The van der Waals surface area contributed by atoms with Crippen molar-refractivity contribution in [3.8, 4) is 0 Å². The molecule has 0 bridgehead atoms. The van der Waals surface area contributed by atoms with E-state index in [9.17, 15) is 24.9 Å². The van der Waals surface area contributed by atoms with E-state index in [2.05, 4.69) is 49.1 Å². The summed E-state index contributed by atoms with van der Waals surface area (Å²) in [6, 6.07) is 4.15. The number of aliphatic imine (C=N–C) groups is 2. The van der Waals surface area contributed by atoms with Gasteiger partial charge in [-0.2, -0.15) is 0 Å². The highest BCUT2D eigenvalue weighted by Gasteiger charge is 2.60. The van der Waals surface area contributed by atoms with Crippen molar-refractivity contribution in [2.75, 3.05) is 36.5 Å². The largest absolute Gasteiger partial charge is 0.423 e. The van der Waals surface area contributed by atoms with Gasteiger partial charge in [0.1, 0.15) is 17.4 Å². The third-order valence-corrected chi connectivity index (χ3v) is 13.1. The molecule has 14 nitrogen and oxygen atoms in total. The van der Waals surface area contributed by atoms with Gasteiger partial charge in [-0.3, -0.25) is 9.79 Å². The van der Waals surface area contributed by atoms with Crippen LogP contribution in [0.2, 0.25) is 0 Å². The molecule has 5 aliphatic rings. The Hall–Kier alpha value is -4.63. The number of aliphatic hydroxyl groups excluding tert-OH is 3. The van der Waals surface area contributed by atoms with Crippen molar-refractivity contribution in [2.24, 2.45) is 32.7 Å². The Kier molecular flexibility index (Phi) is 11.6. The minimum absolute atomic E-state index is 0.00189. The van der Waals surface area contributed by atoms with E-state index in [1.165, 1.54) is 0 Å². The number of carbonyl (C=O) groups excluding carboxylic acids is 2. The Bertz CT molecular complexity index is 1920. The van der Waals surface area contributed by atoms with Crippen molar-refractivity contribution < 1.29 is 29.6 Å². The summed E-state index contributed by atoms with van der Waals surface area (Å²) in [5.41, 5.74) is 0.774. The van der Waals surface area contributed by atoms with Crippen molar-refractivity contribution in [3.63, 3.8) is 0 Å². The number of cyclic esters (lactones) is 1. The van der Waals surface area contributed by atoms with Gasteiger partial charge in [0.05, 0.1) is 56.0 Å². The molecule has 2 aliphatic carbocycles. The van der Waals surface area contributed by atoms with Crippen LogP contribution in [0.4, 0.5) is 11.8 Å². The van der Waals surface area contributed by atoms with E-state index in [0.717, 1.165) is 25.0 Å². The zero-order valence-electron chi connectivity index (χ0n) is 32.5. The molecule has 0 radical (unpaired) electrons. The number of hydrogen-bond donors (Lipinski definition) is 5. The summed E-state index contributed by atoms with van der Waals surface area (Å²) >= 11 is 0. The average Bonchev–Trinajstić information content (AvgIpc) is 3.98. The van der Waals surface area contributed by atoms with Crippen molar-refractivity contribution >= 4 is 41.6 Å². The lowest BCUT2D eigenvalue weighted by molar-refractivity contribution is -0.156. The summed E-state index contributed by atoms with van der Waals surface area (Å²) in [7, 11) is 0. The summed E-state index contributed by atoms with van der Waals surface area (Å²) < 4.78 is 5.84. The van der Waals surface area contributed by atoms with Gasteiger partial charge in [0, 0.05) is 48.4 Å². The first-order chi connectivity index (χ1) is 26.9. The van der Waals surface area contributed by atoms with E-state index >= 15 is 0 Å². The molecule has 2 aromatic heterocycles. The second-order valence-corrected chi connectivity index (χ2v) is 16.5. The minimum Gasteiger partial charge on any atom is -0.423 e. The number of nitrogens with zero attached hydrogens (tertiary/aromatic N) is 6. The normalized spacial score (nSPS) is 31.9. The van der Waals surface area contributed by atoms with Gasteiger partial charge in [-0.05, 0) is 87.0 Å². The second kappa shape index (κ2) is 16.5. The molecule has 3 aliphatic heterocycles. The van der Waals surface area contributed by atoms with Gasteiger partial charge in [-0.25, -0.2) is 24.7 Å². The van der Waals surface area contributed by atoms with E-state index < -0.39 is 35.0 Å². The van der Waals surface area contributed by atoms with Gasteiger partial charge in [0.2, 0.25) is 5.95 Å². The number of nitrogens with one attached hydrogen (secondary N) is 2. The van der Waals surface area contributed by atoms with E-state index in [1.54, 1.807) is 37.0 Å². The van der Waals surface area contributed by atoms with E-state index in [1.807, 2.05) is 36.9 Å². The number of hydrogen-bond acceptors (Lipinski definition) is 14. The molecule has 56 heavy (non-hydrogen) atoms. The summed E-state index contributed by atoms with van der Waals surface area (Å²) in [5, 5.41) is 39.1. The Labute approximate surface area is 328 Å². The lowest BCUT2D eigenvalue weighted by Gasteiger charge is -2.62. The molecule has 0 aromatic carbocycles. The summed E-state index contributed by atoms with van der Waals surface area (Å²) in [6.45, 7) is 11.8. The van der Waals surface area contributed by atoms with Gasteiger partial charge in [-0.1, -0.05) is 32.1 Å². The number of allylic oxidation sites excluding steroid dienone is 1. The number of aliphatic hydroxyl groups is 3. The number of aromatic nitrogens is 3. The smallest absolute Gasteiger partial charge is 0.341 e. The zero-order valence-corrected chi connectivity index (χ0v) is 32.5. The van der Waals surface area contributed by atoms with Gasteiger partial charge in [0.15, 0.2) is 5.78 Å². The number of pyridine rings is 1. The van der Waals surface area contributed by atoms with Gasteiger partial charge >= 0.3 is 5.97 Å². The van der Waals surface area contributed by atoms with Gasteiger partial charge < -0.3 is 35.6 Å². The van der Waals surface area contributed by atoms with Gasteiger partial charge in [0.25, 0.3) is 0 Å². The molecule has 14 heteroatoms. The molecule has 6 unspecified atom stereocenters. The maximum atomic E-state index is 13.8. The van der Waals surface area contributed by atoms with Crippen molar-refractivity contribution in [1.29, 1.82) is 0 Å². The highest BCUT2D eigenvalue weighted by Crippen LogP contribution is 2.62. The van der Waals surface area contributed by atoms with Crippen LogP contribution in [0.25, 0.3) is 6.08 Å². The Morgan fingerprint density at radius 2 is 1.98 bits per heavy atom. The molecule has 2 aromatic rings. The van der Waals surface area contributed by atoms with Crippen LogP contribution in [0.5, 0.6) is 0 Å². The molecule has 0 spiro atoms. The zero-order chi connectivity index (χ0) is 39.6. The van der Waals surface area contributed by atoms with E-state index in [-0.39, 0.29) is 49.3 Å². The van der Waals surface area contributed by atoms with Crippen LogP contribution in [0.1, 0.15) is 71.3 Å². The molecule has 0 amide bonds. The molecule has 5 heterocycles. The van der Waals surface area contributed by atoms with Crippen LogP contribution in [-0.4, -0.2) is 111 Å². The molecule has 3 fully saturated rings. The van der Waals surface area contributed by atoms with Crippen molar-refractivity contribution in [3.05, 3.63) is 71.9 Å². The van der Waals surface area contributed by atoms with Crippen LogP contribution >= 0.6 is 0 Å². The number of amidine groups is 1. The van der Waals surface area contributed by atoms with E-state index in [4.69, 9.17) is 4.74 Å². The number of rotatable bonds is 14. The first-order valence-electron chi connectivity index (χ1n) is 19.8. The SMILES string of the molecule is C=C1C(NC(C)C(=O)CC2=NCC=N2)CC2[C@](C)(CC[C@@H](O)[C@@]2(C)CO)C1CC(Nc1ccccn1)C1=C/C(=C\c2cnc(N3CCCC3CO)nc2)OC1=O. The lowest BCUT2D eigenvalue weighted by Crippen LogP contribution is -2.62. The number of anilines is 2. The minimum atomic E-state index is -0.802. The number of fused-ring (bicyclic) bond motifs is 1. The molecule has 298 valence electrons. The van der Waals surface area contributed by atoms with E-state index in [0.29, 0.717) is 66.7 Å². The number of esters is 1. The fourth-order valence-electron chi connectivity index (χ4n) is 9.75. The molecule has 9 atom stereocenters. The first kappa shape index (κ1) is 39.6. The maximum Gasteiger partial charge on any atom is 0.341 e. The maximum absolute atomic E-state index is 13.8. The van der Waals surface area contributed by atoms with Crippen molar-refractivity contribution in [1.82, 2.24) is 20.3 Å². The predicted molar refractivity (Wildman–Crippen MR) is 214 cm³/mol. The standard InChI is InChI=1S/C42H54N8O6/c1-25-31(41(3)11-10-36(54)42(4,24-52)35(41)19-32(25)48-26(2)34(53)20-38-44-13-14-45-38)18-33(49-37-9-5-6-12-43-37)30-17-29(56-39(30)55)16-27-21-46-40(47-22-27)50-15-7-8-28(50)23-51/h5-6,9,12-13,16-17,21-22,26,28,31-33,35-36,48,51-52,54H,1,7-8,10-11,14-15,18-20,23-24H2,2-4H3,(H,43,49)/b29-16+/t26?,28?,31?,32?,33?,35?,36-,41-,42+/m1/s1.